The predicted octanol–water partition coefficient (Wildman–Crippen LogP) is 3.06. The van der Waals surface area contributed by atoms with Crippen molar-refractivity contribution in [2.45, 2.75) is 11.4 Å². The van der Waals surface area contributed by atoms with E-state index in [1.54, 1.807) is 36.4 Å². The van der Waals surface area contributed by atoms with Crippen LogP contribution in [-0.2, 0) is 16.6 Å². The van der Waals surface area contributed by atoms with Crippen LogP contribution in [0.2, 0.25) is 0 Å². The zero-order valence-corrected chi connectivity index (χ0v) is 15.1. The Hall–Kier alpha value is -3.16. The number of hydrogen-bond donors (Lipinski definition) is 2. The van der Waals surface area contributed by atoms with E-state index < -0.39 is 10.0 Å². The number of ether oxygens (including phenoxy) is 1. The first kappa shape index (κ1) is 18.6. The summed E-state index contributed by atoms with van der Waals surface area (Å²) in [6, 6.07) is 22.2. The fourth-order valence-electron chi connectivity index (χ4n) is 2.42. The molecule has 0 fully saturated rings. The minimum Gasteiger partial charge on any atom is -0.457 e. The Morgan fingerprint density at radius 3 is 2.22 bits per heavy atom. The summed E-state index contributed by atoms with van der Waals surface area (Å²) in [5, 5.41) is 7.86. The second-order valence-electron chi connectivity index (χ2n) is 5.81. The van der Waals surface area contributed by atoms with Crippen LogP contribution in [0.4, 0.5) is 0 Å². The highest BCUT2D eigenvalue weighted by Gasteiger charge is 2.09. The Bertz CT molecular complexity index is 1030. The molecule has 3 rings (SSSR count). The Morgan fingerprint density at radius 1 is 0.889 bits per heavy atom. The third kappa shape index (κ3) is 5.16. The minimum absolute atomic E-state index is 0.0108. The number of para-hydroxylation sites is 1. The standard InChI is InChI=1S/C20H18N2O4S/c21-27(24,25)19-8-4-5-15(13-19)14-22-20(23)16-9-11-18(12-10-16)26-17-6-2-1-3-7-17/h1-13H,14H2,(H,22,23)(H2,21,24,25). The van der Waals surface area contributed by atoms with Gasteiger partial charge in [-0.25, -0.2) is 13.6 Å². The Kier molecular flexibility index (Phi) is 5.54. The van der Waals surface area contributed by atoms with Gasteiger partial charge in [0.1, 0.15) is 11.5 Å². The summed E-state index contributed by atoms with van der Waals surface area (Å²) in [4.78, 5) is 12.3. The lowest BCUT2D eigenvalue weighted by molar-refractivity contribution is 0.0951. The van der Waals surface area contributed by atoms with Crippen molar-refractivity contribution < 1.29 is 17.9 Å². The quantitative estimate of drug-likeness (QED) is 0.684. The van der Waals surface area contributed by atoms with Gasteiger partial charge in [0.05, 0.1) is 4.90 Å². The molecule has 0 spiro atoms. The van der Waals surface area contributed by atoms with E-state index in [4.69, 9.17) is 9.88 Å². The molecule has 0 bridgehead atoms. The maximum absolute atomic E-state index is 12.3. The van der Waals surface area contributed by atoms with E-state index in [1.807, 2.05) is 30.3 Å². The number of carbonyl (C=O) groups is 1. The van der Waals surface area contributed by atoms with E-state index >= 15 is 0 Å². The first-order chi connectivity index (χ1) is 12.9. The van der Waals surface area contributed by atoms with E-state index in [9.17, 15) is 13.2 Å². The number of sulfonamides is 1. The average Bonchev–Trinajstić information content (AvgIpc) is 2.67. The van der Waals surface area contributed by atoms with Crippen LogP contribution in [0.15, 0.2) is 83.8 Å². The molecule has 0 aliphatic heterocycles. The molecule has 27 heavy (non-hydrogen) atoms. The van der Waals surface area contributed by atoms with Crippen LogP contribution in [0.5, 0.6) is 11.5 Å². The summed E-state index contributed by atoms with van der Waals surface area (Å²) >= 11 is 0. The summed E-state index contributed by atoms with van der Waals surface area (Å²) < 4.78 is 28.5. The van der Waals surface area contributed by atoms with Crippen molar-refractivity contribution >= 4 is 15.9 Å². The van der Waals surface area contributed by atoms with Gasteiger partial charge < -0.3 is 10.1 Å². The SMILES string of the molecule is NS(=O)(=O)c1cccc(CNC(=O)c2ccc(Oc3ccccc3)cc2)c1. The molecule has 6 nitrogen and oxygen atoms in total. The number of nitrogens with one attached hydrogen (secondary N) is 1. The minimum atomic E-state index is -3.77. The van der Waals surface area contributed by atoms with Gasteiger partial charge in [-0.15, -0.1) is 0 Å². The monoisotopic (exact) mass is 382 g/mol. The van der Waals surface area contributed by atoms with Crippen molar-refractivity contribution in [2.24, 2.45) is 5.14 Å². The molecule has 3 aromatic rings. The highest BCUT2D eigenvalue weighted by Crippen LogP contribution is 2.21. The van der Waals surface area contributed by atoms with Crippen LogP contribution in [0, 0.1) is 0 Å². The Labute approximate surface area is 157 Å². The molecule has 0 radical (unpaired) electrons. The van der Waals surface area contributed by atoms with Crippen molar-refractivity contribution in [3.05, 3.63) is 90.0 Å². The zero-order valence-electron chi connectivity index (χ0n) is 14.3. The van der Waals surface area contributed by atoms with Crippen molar-refractivity contribution in [1.82, 2.24) is 5.32 Å². The molecule has 3 aromatic carbocycles. The van der Waals surface area contributed by atoms with Crippen LogP contribution < -0.4 is 15.2 Å². The Morgan fingerprint density at radius 2 is 1.56 bits per heavy atom. The molecule has 0 saturated carbocycles. The van der Waals surface area contributed by atoms with Gasteiger partial charge in [0.25, 0.3) is 5.91 Å². The molecule has 0 aromatic heterocycles. The van der Waals surface area contributed by atoms with E-state index in [0.29, 0.717) is 22.6 Å². The van der Waals surface area contributed by atoms with Gasteiger partial charge in [0.15, 0.2) is 0 Å². The van der Waals surface area contributed by atoms with Gasteiger partial charge in [0.2, 0.25) is 10.0 Å². The molecule has 3 N–H and O–H groups in total. The number of benzene rings is 3. The fourth-order valence-corrected chi connectivity index (χ4v) is 3.00. The van der Waals surface area contributed by atoms with Crippen molar-refractivity contribution in [2.75, 3.05) is 0 Å². The van der Waals surface area contributed by atoms with Gasteiger partial charge in [-0.1, -0.05) is 30.3 Å². The van der Waals surface area contributed by atoms with Gasteiger partial charge >= 0.3 is 0 Å². The summed E-state index contributed by atoms with van der Waals surface area (Å²) in [5.41, 5.74) is 1.11. The molecule has 138 valence electrons. The van der Waals surface area contributed by atoms with Crippen molar-refractivity contribution in [3.8, 4) is 11.5 Å². The number of carbonyl (C=O) groups excluding carboxylic acids is 1. The summed E-state index contributed by atoms with van der Waals surface area (Å²) in [6.45, 7) is 0.185. The van der Waals surface area contributed by atoms with E-state index in [-0.39, 0.29) is 17.3 Å². The number of rotatable bonds is 6. The van der Waals surface area contributed by atoms with Crippen LogP contribution in [0.1, 0.15) is 15.9 Å². The molecule has 0 unspecified atom stereocenters. The highest BCUT2D eigenvalue weighted by molar-refractivity contribution is 7.89. The van der Waals surface area contributed by atoms with Crippen LogP contribution >= 0.6 is 0 Å². The van der Waals surface area contributed by atoms with E-state index in [1.165, 1.54) is 12.1 Å². The number of amides is 1. The van der Waals surface area contributed by atoms with E-state index in [0.717, 1.165) is 0 Å². The van der Waals surface area contributed by atoms with Crippen LogP contribution in [0.3, 0.4) is 0 Å². The lowest BCUT2D eigenvalue weighted by Gasteiger charge is -2.08. The normalized spacial score (nSPS) is 11.0. The first-order valence-corrected chi connectivity index (χ1v) is 9.69. The van der Waals surface area contributed by atoms with Crippen molar-refractivity contribution in [1.29, 1.82) is 0 Å². The molecule has 7 heteroatoms. The van der Waals surface area contributed by atoms with Crippen LogP contribution in [0.25, 0.3) is 0 Å². The first-order valence-electron chi connectivity index (χ1n) is 8.15. The largest absolute Gasteiger partial charge is 0.457 e. The molecule has 0 aliphatic rings. The number of hydrogen-bond acceptors (Lipinski definition) is 4. The summed E-state index contributed by atoms with van der Waals surface area (Å²) in [7, 11) is -3.77. The number of nitrogens with two attached hydrogens (primary N) is 1. The Balaban J connectivity index is 1.61. The zero-order chi connectivity index (χ0) is 19.3. The predicted molar refractivity (Wildman–Crippen MR) is 102 cm³/mol. The molecular formula is C20H18N2O4S. The fraction of sp³-hybridized carbons (Fsp3) is 0.0500. The molecule has 1 amide bonds. The van der Waals surface area contributed by atoms with Gasteiger partial charge in [0, 0.05) is 12.1 Å². The molecule has 0 atom stereocenters. The maximum atomic E-state index is 12.3. The topological polar surface area (TPSA) is 98.5 Å². The van der Waals surface area contributed by atoms with Gasteiger partial charge in [-0.05, 0) is 54.1 Å². The number of primary sulfonamides is 1. The molecular weight excluding hydrogens is 364 g/mol. The van der Waals surface area contributed by atoms with Gasteiger partial charge in [-0.3, -0.25) is 4.79 Å². The lowest BCUT2D eigenvalue weighted by Crippen LogP contribution is -2.23. The third-order valence-electron chi connectivity index (χ3n) is 3.78. The third-order valence-corrected chi connectivity index (χ3v) is 4.69. The second kappa shape index (κ2) is 8.03. The van der Waals surface area contributed by atoms with E-state index in [2.05, 4.69) is 5.32 Å². The molecule has 0 saturated heterocycles. The van der Waals surface area contributed by atoms with Crippen molar-refractivity contribution in [3.63, 3.8) is 0 Å². The highest BCUT2D eigenvalue weighted by atomic mass is 32.2. The molecule has 0 aliphatic carbocycles. The maximum Gasteiger partial charge on any atom is 0.251 e. The second-order valence-corrected chi connectivity index (χ2v) is 7.38. The van der Waals surface area contributed by atoms with Gasteiger partial charge in [-0.2, -0.15) is 0 Å². The lowest BCUT2D eigenvalue weighted by atomic mass is 10.2. The van der Waals surface area contributed by atoms with Crippen LogP contribution in [-0.4, -0.2) is 14.3 Å². The summed E-state index contributed by atoms with van der Waals surface area (Å²) in [6.07, 6.45) is 0. The summed E-state index contributed by atoms with van der Waals surface area (Å²) in [5.74, 6) is 1.06. The molecule has 0 heterocycles. The smallest absolute Gasteiger partial charge is 0.251 e. The average molecular weight is 382 g/mol.